The van der Waals surface area contributed by atoms with Gasteiger partial charge in [0.1, 0.15) is 0 Å². The van der Waals surface area contributed by atoms with Crippen molar-refractivity contribution in [3.8, 4) is 0 Å². The van der Waals surface area contributed by atoms with Gasteiger partial charge in [0.25, 0.3) is 0 Å². The van der Waals surface area contributed by atoms with E-state index in [-0.39, 0.29) is 11.3 Å². The monoisotopic (exact) mass is 323 g/mol. The van der Waals surface area contributed by atoms with Crippen molar-refractivity contribution in [3.05, 3.63) is 0 Å². The summed E-state index contributed by atoms with van der Waals surface area (Å²) in [5.41, 5.74) is 0.0737. The second kappa shape index (κ2) is 7.65. The average molecular weight is 323 g/mol. The van der Waals surface area contributed by atoms with Gasteiger partial charge in [0.2, 0.25) is 11.8 Å². The summed E-state index contributed by atoms with van der Waals surface area (Å²) in [6.45, 7) is 14.7. The molecule has 0 atom stereocenters. The van der Waals surface area contributed by atoms with Crippen LogP contribution in [0.25, 0.3) is 0 Å². The maximum absolute atomic E-state index is 12.3. The minimum absolute atomic E-state index is 0.0737. The van der Waals surface area contributed by atoms with Gasteiger partial charge in [0.15, 0.2) is 0 Å². The molecule has 2 amide bonds. The first-order valence-corrected chi connectivity index (χ1v) is 9.00. The number of hydrogen-bond acceptors (Lipinski definition) is 3. The highest BCUT2D eigenvalue weighted by atomic mass is 16.2. The SMILES string of the molecule is CC(=O)N1CCN(CC2CCN(C(=O)CC(C)(C)C)CC2)CC1. The minimum Gasteiger partial charge on any atom is -0.343 e. The molecule has 2 heterocycles. The van der Waals surface area contributed by atoms with E-state index in [1.54, 1.807) is 6.92 Å². The van der Waals surface area contributed by atoms with Crippen LogP contribution in [-0.2, 0) is 9.59 Å². The molecule has 0 unspecified atom stereocenters. The van der Waals surface area contributed by atoms with E-state index in [2.05, 4.69) is 30.6 Å². The second-order valence-corrected chi connectivity index (χ2v) is 8.37. The second-order valence-electron chi connectivity index (χ2n) is 8.37. The van der Waals surface area contributed by atoms with Gasteiger partial charge in [0, 0.05) is 59.2 Å². The van der Waals surface area contributed by atoms with Gasteiger partial charge in [-0.3, -0.25) is 14.5 Å². The molecular formula is C18H33N3O2. The lowest BCUT2D eigenvalue weighted by Gasteiger charge is -2.39. The van der Waals surface area contributed by atoms with Crippen molar-refractivity contribution in [2.75, 3.05) is 45.8 Å². The third-order valence-corrected chi connectivity index (χ3v) is 4.98. The van der Waals surface area contributed by atoms with E-state index >= 15 is 0 Å². The van der Waals surface area contributed by atoms with Gasteiger partial charge >= 0.3 is 0 Å². The van der Waals surface area contributed by atoms with E-state index in [0.717, 1.165) is 58.7 Å². The molecule has 0 aliphatic carbocycles. The molecule has 0 bridgehead atoms. The van der Waals surface area contributed by atoms with Crippen LogP contribution in [0, 0.1) is 11.3 Å². The predicted octanol–water partition coefficient (Wildman–Crippen LogP) is 1.83. The fraction of sp³-hybridized carbons (Fsp3) is 0.889. The van der Waals surface area contributed by atoms with Gasteiger partial charge in [-0.15, -0.1) is 0 Å². The molecule has 132 valence electrons. The zero-order valence-corrected chi connectivity index (χ0v) is 15.3. The van der Waals surface area contributed by atoms with E-state index in [4.69, 9.17) is 0 Å². The Balaban J connectivity index is 1.69. The van der Waals surface area contributed by atoms with Gasteiger partial charge in [0.05, 0.1) is 0 Å². The number of carbonyl (C=O) groups is 2. The standard InChI is InChI=1S/C18H33N3O2/c1-15(22)20-11-9-19(10-12-20)14-16-5-7-21(8-6-16)17(23)13-18(2,3)4/h16H,5-14H2,1-4H3. The van der Waals surface area contributed by atoms with Gasteiger partial charge in [-0.25, -0.2) is 0 Å². The van der Waals surface area contributed by atoms with Crippen molar-refractivity contribution in [2.24, 2.45) is 11.3 Å². The average Bonchev–Trinajstić information content (AvgIpc) is 2.46. The fourth-order valence-corrected chi connectivity index (χ4v) is 3.54. The Labute approximate surface area is 141 Å². The first-order valence-electron chi connectivity index (χ1n) is 9.00. The quantitative estimate of drug-likeness (QED) is 0.796. The molecule has 2 aliphatic rings. The molecular weight excluding hydrogens is 290 g/mol. The first kappa shape index (κ1) is 18.2. The van der Waals surface area contributed by atoms with Crippen LogP contribution in [0.3, 0.4) is 0 Å². The number of likely N-dealkylation sites (tertiary alicyclic amines) is 1. The summed E-state index contributed by atoms with van der Waals surface area (Å²) >= 11 is 0. The summed E-state index contributed by atoms with van der Waals surface area (Å²) in [5.74, 6) is 1.19. The highest BCUT2D eigenvalue weighted by molar-refractivity contribution is 5.76. The minimum atomic E-state index is 0.0737. The molecule has 0 aromatic heterocycles. The Bertz CT molecular complexity index is 414. The van der Waals surface area contributed by atoms with Gasteiger partial charge < -0.3 is 9.80 Å². The van der Waals surface area contributed by atoms with Crippen molar-refractivity contribution >= 4 is 11.8 Å². The Morgan fingerprint density at radius 2 is 1.48 bits per heavy atom. The van der Waals surface area contributed by atoms with E-state index in [1.165, 1.54) is 0 Å². The summed E-state index contributed by atoms with van der Waals surface area (Å²) in [4.78, 5) is 30.1. The van der Waals surface area contributed by atoms with Crippen molar-refractivity contribution in [1.82, 2.24) is 14.7 Å². The highest BCUT2D eigenvalue weighted by Crippen LogP contribution is 2.24. The van der Waals surface area contributed by atoms with Crippen LogP contribution in [0.2, 0.25) is 0 Å². The number of piperazine rings is 1. The van der Waals surface area contributed by atoms with Crippen LogP contribution in [0.15, 0.2) is 0 Å². The van der Waals surface area contributed by atoms with E-state index in [0.29, 0.717) is 18.2 Å². The third-order valence-electron chi connectivity index (χ3n) is 4.98. The summed E-state index contributed by atoms with van der Waals surface area (Å²) < 4.78 is 0. The number of amides is 2. The lowest BCUT2D eigenvalue weighted by molar-refractivity contribution is -0.134. The number of rotatable bonds is 3. The Morgan fingerprint density at radius 1 is 0.913 bits per heavy atom. The molecule has 2 rings (SSSR count). The largest absolute Gasteiger partial charge is 0.343 e. The van der Waals surface area contributed by atoms with Crippen LogP contribution in [-0.4, -0.2) is 72.3 Å². The number of hydrogen-bond donors (Lipinski definition) is 0. The molecule has 0 spiro atoms. The smallest absolute Gasteiger partial charge is 0.223 e. The van der Waals surface area contributed by atoms with Gasteiger partial charge in [-0.1, -0.05) is 20.8 Å². The molecule has 0 radical (unpaired) electrons. The highest BCUT2D eigenvalue weighted by Gasteiger charge is 2.27. The molecule has 0 N–H and O–H groups in total. The molecule has 5 nitrogen and oxygen atoms in total. The molecule has 2 aliphatic heterocycles. The topological polar surface area (TPSA) is 43.9 Å². The number of carbonyl (C=O) groups excluding carboxylic acids is 2. The van der Waals surface area contributed by atoms with E-state index in [9.17, 15) is 9.59 Å². The van der Waals surface area contributed by atoms with Crippen LogP contribution >= 0.6 is 0 Å². The summed E-state index contributed by atoms with van der Waals surface area (Å²) in [7, 11) is 0. The third kappa shape index (κ3) is 5.79. The predicted molar refractivity (Wildman–Crippen MR) is 92.1 cm³/mol. The number of nitrogens with zero attached hydrogens (tertiary/aromatic N) is 3. The maximum Gasteiger partial charge on any atom is 0.223 e. The molecule has 5 heteroatoms. The molecule has 0 aromatic rings. The zero-order chi connectivity index (χ0) is 17.0. The Hall–Kier alpha value is -1.10. The molecule has 2 saturated heterocycles. The van der Waals surface area contributed by atoms with E-state index < -0.39 is 0 Å². The van der Waals surface area contributed by atoms with Crippen molar-refractivity contribution in [2.45, 2.75) is 47.0 Å². The fourth-order valence-electron chi connectivity index (χ4n) is 3.54. The van der Waals surface area contributed by atoms with E-state index in [1.807, 2.05) is 4.90 Å². The molecule has 2 fully saturated rings. The zero-order valence-electron chi connectivity index (χ0n) is 15.3. The summed E-state index contributed by atoms with van der Waals surface area (Å²) in [6.07, 6.45) is 2.87. The van der Waals surface area contributed by atoms with Crippen molar-refractivity contribution < 1.29 is 9.59 Å². The normalized spacial score (nSPS) is 21.6. The Kier molecular flexibility index (Phi) is 6.06. The number of piperidine rings is 1. The van der Waals surface area contributed by atoms with Gasteiger partial charge in [-0.05, 0) is 24.2 Å². The molecule has 23 heavy (non-hydrogen) atoms. The Morgan fingerprint density at radius 3 is 1.96 bits per heavy atom. The first-order chi connectivity index (χ1) is 10.7. The summed E-state index contributed by atoms with van der Waals surface area (Å²) in [6, 6.07) is 0. The van der Waals surface area contributed by atoms with Crippen LogP contribution < -0.4 is 0 Å². The van der Waals surface area contributed by atoms with Crippen molar-refractivity contribution in [1.29, 1.82) is 0 Å². The van der Waals surface area contributed by atoms with Crippen LogP contribution in [0.4, 0.5) is 0 Å². The van der Waals surface area contributed by atoms with Crippen molar-refractivity contribution in [3.63, 3.8) is 0 Å². The lowest BCUT2D eigenvalue weighted by atomic mass is 9.90. The summed E-state index contributed by atoms with van der Waals surface area (Å²) in [5, 5.41) is 0. The van der Waals surface area contributed by atoms with Crippen LogP contribution in [0.5, 0.6) is 0 Å². The lowest BCUT2D eigenvalue weighted by Crippen LogP contribution is -2.50. The molecule has 0 aromatic carbocycles. The maximum atomic E-state index is 12.3. The molecule has 0 saturated carbocycles. The van der Waals surface area contributed by atoms with Crippen LogP contribution in [0.1, 0.15) is 47.0 Å². The van der Waals surface area contributed by atoms with Gasteiger partial charge in [-0.2, -0.15) is 0 Å².